The van der Waals surface area contributed by atoms with Crippen LogP contribution in [0.4, 0.5) is 0 Å². The number of benzene rings is 2. The van der Waals surface area contributed by atoms with Crippen LogP contribution < -0.4 is 14.8 Å². The SMILES string of the molecule is COc1ccc(C(C)NC(=O)c2ccccc2OCC2CCCO2)cc1Br. The third kappa shape index (κ3) is 5.02. The third-order valence-corrected chi connectivity index (χ3v) is 5.22. The van der Waals surface area contributed by atoms with Gasteiger partial charge in [0.05, 0.1) is 29.3 Å². The number of para-hydroxylation sites is 1. The quantitative estimate of drug-likeness (QED) is 0.697. The van der Waals surface area contributed by atoms with Gasteiger partial charge in [-0.15, -0.1) is 0 Å². The average Bonchev–Trinajstić information content (AvgIpc) is 3.20. The molecule has 0 saturated carbocycles. The van der Waals surface area contributed by atoms with Crippen LogP contribution in [0.3, 0.4) is 0 Å². The number of ether oxygens (including phenoxy) is 3. The number of nitrogens with one attached hydrogen (secondary N) is 1. The number of carbonyl (C=O) groups excluding carboxylic acids is 1. The zero-order valence-electron chi connectivity index (χ0n) is 15.5. The van der Waals surface area contributed by atoms with Crippen molar-refractivity contribution in [3.8, 4) is 11.5 Å². The van der Waals surface area contributed by atoms with Crippen LogP contribution in [0, 0.1) is 0 Å². The number of amides is 1. The molecule has 0 aromatic heterocycles. The molecule has 2 aromatic carbocycles. The van der Waals surface area contributed by atoms with Crippen molar-refractivity contribution in [3.05, 3.63) is 58.1 Å². The molecule has 5 nitrogen and oxygen atoms in total. The van der Waals surface area contributed by atoms with Crippen LogP contribution >= 0.6 is 15.9 Å². The zero-order valence-corrected chi connectivity index (χ0v) is 17.1. The normalized spacial score (nSPS) is 17.4. The first-order valence-corrected chi connectivity index (χ1v) is 9.85. The minimum absolute atomic E-state index is 0.108. The van der Waals surface area contributed by atoms with Crippen LogP contribution in [0.5, 0.6) is 11.5 Å². The minimum atomic E-state index is -0.169. The van der Waals surface area contributed by atoms with Crippen molar-refractivity contribution in [2.45, 2.75) is 31.9 Å². The molecule has 1 heterocycles. The van der Waals surface area contributed by atoms with E-state index < -0.39 is 0 Å². The van der Waals surface area contributed by atoms with Gasteiger partial charge in [0.15, 0.2) is 0 Å². The van der Waals surface area contributed by atoms with E-state index in [0.29, 0.717) is 17.9 Å². The first-order valence-electron chi connectivity index (χ1n) is 9.06. The summed E-state index contributed by atoms with van der Waals surface area (Å²) in [6.07, 6.45) is 2.17. The van der Waals surface area contributed by atoms with Gasteiger partial charge in [-0.3, -0.25) is 4.79 Å². The number of halogens is 1. The van der Waals surface area contributed by atoms with Crippen molar-refractivity contribution < 1.29 is 19.0 Å². The summed E-state index contributed by atoms with van der Waals surface area (Å²) >= 11 is 3.48. The summed E-state index contributed by atoms with van der Waals surface area (Å²) in [5.41, 5.74) is 1.50. The van der Waals surface area contributed by atoms with E-state index in [0.717, 1.165) is 35.2 Å². The molecule has 1 aliphatic heterocycles. The van der Waals surface area contributed by atoms with E-state index in [9.17, 15) is 4.79 Å². The van der Waals surface area contributed by atoms with Gasteiger partial charge < -0.3 is 19.5 Å². The van der Waals surface area contributed by atoms with Gasteiger partial charge in [-0.1, -0.05) is 18.2 Å². The Morgan fingerprint density at radius 3 is 2.81 bits per heavy atom. The van der Waals surface area contributed by atoms with Crippen molar-refractivity contribution in [2.24, 2.45) is 0 Å². The maximum absolute atomic E-state index is 12.8. The summed E-state index contributed by atoms with van der Waals surface area (Å²) in [6, 6.07) is 12.9. The van der Waals surface area contributed by atoms with Crippen LogP contribution in [-0.4, -0.2) is 32.3 Å². The largest absolute Gasteiger partial charge is 0.496 e. The summed E-state index contributed by atoms with van der Waals surface area (Å²) in [4.78, 5) is 12.8. The smallest absolute Gasteiger partial charge is 0.255 e. The van der Waals surface area contributed by atoms with E-state index >= 15 is 0 Å². The number of methoxy groups -OCH3 is 1. The number of hydrogen-bond acceptors (Lipinski definition) is 4. The van der Waals surface area contributed by atoms with E-state index in [4.69, 9.17) is 14.2 Å². The highest BCUT2D eigenvalue weighted by Gasteiger charge is 2.19. The lowest BCUT2D eigenvalue weighted by Gasteiger charge is -2.18. The fourth-order valence-corrected chi connectivity index (χ4v) is 3.61. The molecule has 1 N–H and O–H groups in total. The molecule has 2 aromatic rings. The molecular formula is C21H24BrNO4. The second-order valence-electron chi connectivity index (χ2n) is 6.53. The summed E-state index contributed by atoms with van der Waals surface area (Å²) in [5, 5.41) is 3.03. The summed E-state index contributed by atoms with van der Waals surface area (Å²) in [6.45, 7) is 3.19. The Balaban J connectivity index is 1.67. The second-order valence-corrected chi connectivity index (χ2v) is 7.39. The van der Waals surface area contributed by atoms with Crippen LogP contribution in [0.25, 0.3) is 0 Å². The van der Waals surface area contributed by atoms with Gasteiger partial charge >= 0.3 is 0 Å². The van der Waals surface area contributed by atoms with Gasteiger partial charge in [-0.2, -0.15) is 0 Å². The lowest BCUT2D eigenvalue weighted by atomic mass is 10.1. The van der Waals surface area contributed by atoms with Gasteiger partial charge in [0.25, 0.3) is 5.91 Å². The first kappa shape index (κ1) is 19.7. The topological polar surface area (TPSA) is 56.8 Å². The van der Waals surface area contributed by atoms with Gasteiger partial charge in [0, 0.05) is 6.61 Å². The van der Waals surface area contributed by atoms with E-state index in [1.54, 1.807) is 13.2 Å². The van der Waals surface area contributed by atoms with Crippen LogP contribution in [0.2, 0.25) is 0 Å². The number of hydrogen-bond donors (Lipinski definition) is 1. The average molecular weight is 434 g/mol. The van der Waals surface area contributed by atoms with Crippen molar-refractivity contribution in [2.75, 3.05) is 20.3 Å². The zero-order chi connectivity index (χ0) is 19.2. The molecule has 2 atom stereocenters. The Bertz CT molecular complexity index is 790. The highest BCUT2D eigenvalue weighted by molar-refractivity contribution is 9.10. The monoisotopic (exact) mass is 433 g/mol. The van der Waals surface area contributed by atoms with Crippen LogP contribution in [0.1, 0.15) is 41.7 Å². The molecule has 0 aliphatic carbocycles. The summed E-state index contributed by atoms with van der Waals surface area (Å²) < 4.78 is 17.6. The van der Waals surface area contributed by atoms with E-state index in [1.165, 1.54) is 0 Å². The Kier molecular flexibility index (Phi) is 6.74. The van der Waals surface area contributed by atoms with E-state index in [2.05, 4.69) is 21.2 Å². The van der Waals surface area contributed by atoms with Crippen molar-refractivity contribution in [1.82, 2.24) is 5.32 Å². The highest BCUT2D eigenvalue weighted by atomic mass is 79.9. The predicted octanol–water partition coefficient (Wildman–Crippen LogP) is 4.51. The predicted molar refractivity (Wildman–Crippen MR) is 107 cm³/mol. The first-order chi connectivity index (χ1) is 13.1. The molecule has 1 amide bonds. The summed E-state index contributed by atoms with van der Waals surface area (Å²) in [5.74, 6) is 1.16. The number of rotatable bonds is 7. The maximum Gasteiger partial charge on any atom is 0.255 e. The second kappa shape index (κ2) is 9.24. The molecule has 0 spiro atoms. The lowest BCUT2D eigenvalue weighted by Crippen LogP contribution is -2.27. The van der Waals surface area contributed by atoms with Gasteiger partial charge in [0.2, 0.25) is 0 Å². The van der Waals surface area contributed by atoms with E-state index in [1.807, 2.05) is 43.3 Å². The standard InChI is InChI=1S/C21H24BrNO4/c1-14(15-9-10-20(25-2)18(22)12-15)23-21(24)17-7-3-4-8-19(17)27-13-16-6-5-11-26-16/h3-4,7-10,12,14,16H,5-6,11,13H2,1-2H3,(H,23,24). The molecule has 2 unspecified atom stereocenters. The molecule has 6 heteroatoms. The Hall–Kier alpha value is -2.05. The van der Waals surface area contributed by atoms with Crippen molar-refractivity contribution in [3.63, 3.8) is 0 Å². The molecule has 1 saturated heterocycles. The fraction of sp³-hybridized carbons (Fsp3) is 0.381. The molecule has 0 radical (unpaired) electrons. The van der Waals surface area contributed by atoms with Crippen molar-refractivity contribution >= 4 is 21.8 Å². The van der Waals surface area contributed by atoms with Gasteiger partial charge in [-0.25, -0.2) is 0 Å². The molecule has 1 aliphatic rings. The van der Waals surface area contributed by atoms with Gasteiger partial charge in [-0.05, 0) is 65.5 Å². The third-order valence-electron chi connectivity index (χ3n) is 4.60. The van der Waals surface area contributed by atoms with Crippen LogP contribution in [-0.2, 0) is 4.74 Å². The Labute approximate surface area is 168 Å². The van der Waals surface area contributed by atoms with E-state index in [-0.39, 0.29) is 18.1 Å². The molecule has 27 heavy (non-hydrogen) atoms. The number of carbonyl (C=O) groups is 1. The minimum Gasteiger partial charge on any atom is -0.496 e. The highest BCUT2D eigenvalue weighted by Crippen LogP contribution is 2.28. The molecular weight excluding hydrogens is 410 g/mol. The molecule has 1 fully saturated rings. The summed E-state index contributed by atoms with van der Waals surface area (Å²) in [7, 11) is 1.62. The maximum atomic E-state index is 12.8. The van der Waals surface area contributed by atoms with Gasteiger partial charge in [0.1, 0.15) is 18.1 Å². The van der Waals surface area contributed by atoms with Crippen molar-refractivity contribution in [1.29, 1.82) is 0 Å². The fourth-order valence-electron chi connectivity index (χ4n) is 3.05. The molecule has 144 valence electrons. The lowest BCUT2D eigenvalue weighted by molar-refractivity contribution is 0.0670. The Morgan fingerprint density at radius 1 is 1.30 bits per heavy atom. The Morgan fingerprint density at radius 2 is 2.11 bits per heavy atom. The molecule has 0 bridgehead atoms. The van der Waals surface area contributed by atoms with Crippen LogP contribution in [0.15, 0.2) is 46.9 Å². The molecule has 3 rings (SSSR count).